The number of hydrogen-bond donors (Lipinski definition) is 1. The molecule has 2 unspecified atom stereocenters. The summed E-state index contributed by atoms with van der Waals surface area (Å²) in [5.74, 6) is -1.58. The van der Waals surface area contributed by atoms with Crippen LogP contribution in [0.3, 0.4) is 0 Å². The van der Waals surface area contributed by atoms with Gasteiger partial charge in [-0.1, -0.05) is 6.42 Å². The number of amides is 1. The van der Waals surface area contributed by atoms with Gasteiger partial charge in [-0.15, -0.1) is 0 Å². The van der Waals surface area contributed by atoms with Crippen LogP contribution >= 0.6 is 0 Å². The van der Waals surface area contributed by atoms with Gasteiger partial charge in [-0.25, -0.2) is 0 Å². The molecule has 2 atom stereocenters. The van der Waals surface area contributed by atoms with Gasteiger partial charge in [-0.05, 0) is 33.6 Å². The van der Waals surface area contributed by atoms with Crippen LogP contribution in [0.2, 0.25) is 0 Å². The summed E-state index contributed by atoms with van der Waals surface area (Å²) in [4.78, 5) is 25.0. The molecule has 0 heterocycles. The number of rotatable bonds is 4. The first kappa shape index (κ1) is 13.0. The molecule has 0 aromatic carbocycles. The van der Waals surface area contributed by atoms with E-state index in [0.29, 0.717) is 13.0 Å². The third-order valence-electron chi connectivity index (χ3n) is 3.40. The number of nitrogens with zero attached hydrogens (tertiary/aromatic N) is 1. The zero-order valence-corrected chi connectivity index (χ0v) is 10.3. The van der Waals surface area contributed by atoms with E-state index in [9.17, 15) is 9.59 Å². The molecule has 92 valence electrons. The van der Waals surface area contributed by atoms with Crippen molar-refractivity contribution < 1.29 is 14.7 Å². The Bertz CT molecular complexity index is 275. The standard InChI is InChI=1S/C12H21NO3/c1-4-13(8(2)3)11(14)9-6-5-7-10(9)12(15)16/h8-10H,4-7H2,1-3H3,(H,15,16). The van der Waals surface area contributed by atoms with E-state index >= 15 is 0 Å². The van der Waals surface area contributed by atoms with Crippen molar-refractivity contribution in [1.82, 2.24) is 4.90 Å². The zero-order valence-electron chi connectivity index (χ0n) is 10.3. The second kappa shape index (κ2) is 5.32. The van der Waals surface area contributed by atoms with Crippen molar-refractivity contribution >= 4 is 11.9 Å². The highest BCUT2D eigenvalue weighted by Crippen LogP contribution is 2.33. The van der Waals surface area contributed by atoms with Crippen molar-refractivity contribution in [2.75, 3.05) is 6.54 Å². The molecular formula is C12H21NO3. The maximum atomic E-state index is 12.2. The number of carboxylic acids is 1. The van der Waals surface area contributed by atoms with E-state index in [2.05, 4.69) is 0 Å². The Morgan fingerprint density at radius 2 is 1.88 bits per heavy atom. The van der Waals surface area contributed by atoms with Crippen LogP contribution in [0.1, 0.15) is 40.0 Å². The predicted octanol–water partition coefficient (Wildman–Crippen LogP) is 1.74. The number of hydrogen-bond acceptors (Lipinski definition) is 2. The molecule has 1 aliphatic rings. The number of carbonyl (C=O) groups excluding carboxylic acids is 1. The summed E-state index contributed by atoms with van der Waals surface area (Å²) in [6.45, 7) is 6.51. The number of aliphatic carboxylic acids is 1. The first-order valence-corrected chi connectivity index (χ1v) is 6.02. The topological polar surface area (TPSA) is 57.6 Å². The lowest BCUT2D eigenvalue weighted by Crippen LogP contribution is -2.42. The zero-order chi connectivity index (χ0) is 12.3. The van der Waals surface area contributed by atoms with Crippen LogP contribution in [0.15, 0.2) is 0 Å². The van der Waals surface area contributed by atoms with E-state index in [-0.39, 0.29) is 17.9 Å². The molecule has 0 aromatic rings. The Morgan fingerprint density at radius 3 is 2.31 bits per heavy atom. The van der Waals surface area contributed by atoms with Gasteiger partial charge < -0.3 is 10.0 Å². The molecule has 0 bridgehead atoms. The predicted molar refractivity (Wildman–Crippen MR) is 61.0 cm³/mol. The van der Waals surface area contributed by atoms with Crippen LogP contribution in [0.25, 0.3) is 0 Å². The average molecular weight is 227 g/mol. The lowest BCUT2D eigenvalue weighted by Gasteiger charge is -2.29. The van der Waals surface area contributed by atoms with Crippen molar-refractivity contribution in [2.45, 2.75) is 46.1 Å². The summed E-state index contributed by atoms with van der Waals surface area (Å²) in [6.07, 6.45) is 2.21. The molecule has 1 rings (SSSR count). The third kappa shape index (κ3) is 2.54. The molecule has 1 aliphatic carbocycles. The Morgan fingerprint density at radius 1 is 1.31 bits per heavy atom. The molecule has 1 fully saturated rings. The molecule has 0 radical (unpaired) electrons. The van der Waals surface area contributed by atoms with E-state index in [1.165, 1.54) is 0 Å². The third-order valence-corrected chi connectivity index (χ3v) is 3.40. The van der Waals surface area contributed by atoms with Crippen LogP contribution in [-0.2, 0) is 9.59 Å². The average Bonchev–Trinajstić information content (AvgIpc) is 2.65. The highest BCUT2D eigenvalue weighted by Gasteiger charge is 2.39. The molecule has 4 heteroatoms. The second-order valence-electron chi connectivity index (χ2n) is 4.70. The molecule has 1 N–H and O–H groups in total. The van der Waals surface area contributed by atoms with Gasteiger partial charge in [0, 0.05) is 12.6 Å². The minimum absolute atomic E-state index is 0.0161. The van der Waals surface area contributed by atoms with Crippen LogP contribution in [0, 0.1) is 11.8 Å². The summed E-state index contributed by atoms with van der Waals surface area (Å²) in [7, 11) is 0. The number of carbonyl (C=O) groups is 2. The first-order valence-electron chi connectivity index (χ1n) is 6.02. The molecule has 0 aliphatic heterocycles. The molecule has 0 spiro atoms. The van der Waals surface area contributed by atoms with Crippen molar-refractivity contribution in [3.05, 3.63) is 0 Å². The van der Waals surface area contributed by atoms with Gasteiger partial charge in [0.25, 0.3) is 0 Å². The van der Waals surface area contributed by atoms with Crippen molar-refractivity contribution in [1.29, 1.82) is 0 Å². The Kier molecular flexibility index (Phi) is 4.33. The van der Waals surface area contributed by atoms with Crippen molar-refractivity contribution in [2.24, 2.45) is 11.8 Å². The van der Waals surface area contributed by atoms with Crippen LogP contribution in [-0.4, -0.2) is 34.5 Å². The van der Waals surface area contributed by atoms with E-state index in [4.69, 9.17) is 5.11 Å². The first-order chi connectivity index (χ1) is 7.49. The molecule has 1 amide bonds. The molecule has 1 saturated carbocycles. The SMILES string of the molecule is CCN(C(=O)C1CCCC1C(=O)O)C(C)C. The van der Waals surface area contributed by atoms with Gasteiger partial charge in [0.1, 0.15) is 0 Å². The molecular weight excluding hydrogens is 206 g/mol. The van der Waals surface area contributed by atoms with Gasteiger partial charge in [0.2, 0.25) is 5.91 Å². The smallest absolute Gasteiger partial charge is 0.307 e. The molecule has 4 nitrogen and oxygen atoms in total. The normalized spacial score (nSPS) is 24.8. The Hall–Kier alpha value is -1.06. The lowest BCUT2D eigenvalue weighted by atomic mass is 9.94. The lowest BCUT2D eigenvalue weighted by molar-refractivity contribution is -0.149. The van der Waals surface area contributed by atoms with Crippen LogP contribution in [0.5, 0.6) is 0 Å². The van der Waals surface area contributed by atoms with E-state index in [1.807, 2.05) is 20.8 Å². The van der Waals surface area contributed by atoms with Gasteiger partial charge in [0.05, 0.1) is 11.8 Å². The minimum Gasteiger partial charge on any atom is -0.481 e. The molecule has 0 aromatic heterocycles. The summed E-state index contributed by atoms with van der Waals surface area (Å²) in [5, 5.41) is 9.05. The second-order valence-corrected chi connectivity index (χ2v) is 4.70. The highest BCUT2D eigenvalue weighted by atomic mass is 16.4. The van der Waals surface area contributed by atoms with E-state index < -0.39 is 11.9 Å². The van der Waals surface area contributed by atoms with Gasteiger partial charge in [-0.3, -0.25) is 9.59 Å². The fourth-order valence-corrected chi connectivity index (χ4v) is 2.54. The Labute approximate surface area is 96.6 Å². The van der Waals surface area contributed by atoms with Crippen molar-refractivity contribution in [3.8, 4) is 0 Å². The van der Waals surface area contributed by atoms with Gasteiger partial charge in [0.15, 0.2) is 0 Å². The maximum absolute atomic E-state index is 12.2. The summed E-state index contributed by atoms with van der Waals surface area (Å²) >= 11 is 0. The summed E-state index contributed by atoms with van der Waals surface area (Å²) in [5.41, 5.74) is 0. The van der Waals surface area contributed by atoms with E-state index in [0.717, 1.165) is 12.8 Å². The molecule has 0 saturated heterocycles. The fourth-order valence-electron chi connectivity index (χ4n) is 2.54. The van der Waals surface area contributed by atoms with Gasteiger partial charge >= 0.3 is 5.97 Å². The highest BCUT2D eigenvalue weighted by molar-refractivity contribution is 5.85. The van der Waals surface area contributed by atoms with Crippen LogP contribution < -0.4 is 0 Å². The van der Waals surface area contributed by atoms with E-state index in [1.54, 1.807) is 4.90 Å². The summed E-state index contributed by atoms with van der Waals surface area (Å²) < 4.78 is 0. The fraction of sp³-hybridized carbons (Fsp3) is 0.833. The monoisotopic (exact) mass is 227 g/mol. The minimum atomic E-state index is -0.823. The van der Waals surface area contributed by atoms with Crippen LogP contribution in [0.4, 0.5) is 0 Å². The quantitative estimate of drug-likeness (QED) is 0.796. The van der Waals surface area contributed by atoms with Crippen molar-refractivity contribution in [3.63, 3.8) is 0 Å². The summed E-state index contributed by atoms with van der Waals surface area (Å²) in [6, 6.07) is 0.146. The molecule has 16 heavy (non-hydrogen) atoms. The van der Waals surface area contributed by atoms with Gasteiger partial charge in [-0.2, -0.15) is 0 Å². The largest absolute Gasteiger partial charge is 0.481 e. The number of carboxylic acid groups (broad SMARTS) is 1. The maximum Gasteiger partial charge on any atom is 0.307 e. The Balaban J connectivity index is 2.75.